The fourth-order valence-corrected chi connectivity index (χ4v) is 2.06. The first-order valence-corrected chi connectivity index (χ1v) is 5.09. The summed E-state index contributed by atoms with van der Waals surface area (Å²) in [6.07, 6.45) is 1.15. The minimum atomic E-state index is 0.0869. The number of rotatable bonds is 2. The van der Waals surface area contributed by atoms with Crippen molar-refractivity contribution in [1.29, 1.82) is 0 Å². The maximum Gasteiger partial charge on any atom is 0.119 e. The number of methoxy groups -OCH3 is 1. The van der Waals surface area contributed by atoms with Crippen molar-refractivity contribution >= 4 is 0 Å². The highest BCUT2D eigenvalue weighted by Crippen LogP contribution is 2.29. The van der Waals surface area contributed by atoms with E-state index in [1.807, 2.05) is 6.07 Å². The van der Waals surface area contributed by atoms with E-state index in [0.29, 0.717) is 0 Å². The largest absolute Gasteiger partial charge is 0.497 e. The number of likely N-dealkylation sites (N-methyl/N-ethyl adjacent to an activating group) is 1. The van der Waals surface area contributed by atoms with E-state index >= 15 is 0 Å². The molecule has 82 valence electrons. The lowest BCUT2D eigenvalue weighted by molar-refractivity contribution is 0.194. The number of benzene rings is 1. The van der Waals surface area contributed by atoms with Gasteiger partial charge in [-0.2, -0.15) is 0 Å². The van der Waals surface area contributed by atoms with E-state index in [2.05, 4.69) is 29.5 Å². The van der Waals surface area contributed by atoms with Crippen LogP contribution in [0.3, 0.4) is 0 Å². The van der Waals surface area contributed by atoms with Crippen LogP contribution in [0.2, 0.25) is 0 Å². The van der Waals surface area contributed by atoms with Gasteiger partial charge in [-0.1, -0.05) is 6.07 Å². The summed E-state index contributed by atoms with van der Waals surface area (Å²) < 4.78 is 5.22. The summed E-state index contributed by atoms with van der Waals surface area (Å²) in [5.74, 6) is 6.45. The van der Waals surface area contributed by atoms with Crippen molar-refractivity contribution in [2.45, 2.75) is 12.6 Å². The molecule has 0 fully saturated rings. The van der Waals surface area contributed by atoms with Crippen molar-refractivity contribution in [3.05, 3.63) is 29.3 Å². The van der Waals surface area contributed by atoms with Gasteiger partial charge < -0.3 is 4.74 Å². The van der Waals surface area contributed by atoms with Gasteiger partial charge in [0.15, 0.2) is 0 Å². The third-order valence-corrected chi connectivity index (χ3v) is 2.98. The molecule has 0 saturated heterocycles. The van der Waals surface area contributed by atoms with Crippen LogP contribution in [0.25, 0.3) is 0 Å². The fraction of sp³-hybridized carbons (Fsp3) is 0.455. The lowest BCUT2D eigenvalue weighted by atomic mass is 9.97. The third-order valence-electron chi connectivity index (χ3n) is 2.98. The highest BCUT2D eigenvalue weighted by atomic mass is 16.5. The molecule has 1 aromatic rings. The number of nitrogens with one attached hydrogen (secondary N) is 1. The Labute approximate surface area is 90.0 Å². The molecule has 1 heterocycles. The summed E-state index contributed by atoms with van der Waals surface area (Å²) in [4.78, 5) is 2.20. The first-order valence-electron chi connectivity index (χ1n) is 5.09. The van der Waals surface area contributed by atoms with Gasteiger partial charge in [0, 0.05) is 6.54 Å². The topological polar surface area (TPSA) is 50.5 Å². The van der Waals surface area contributed by atoms with Crippen LogP contribution >= 0.6 is 0 Å². The highest BCUT2D eigenvalue weighted by Gasteiger charge is 2.23. The van der Waals surface area contributed by atoms with Gasteiger partial charge in [-0.05, 0) is 36.7 Å². The van der Waals surface area contributed by atoms with Gasteiger partial charge in [0.1, 0.15) is 5.75 Å². The van der Waals surface area contributed by atoms with Crippen LogP contribution < -0.4 is 16.0 Å². The second-order valence-corrected chi connectivity index (χ2v) is 3.86. The number of hydrazine groups is 1. The summed E-state index contributed by atoms with van der Waals surface area (Å²) in [7, 11) is 3.74. The van der Waals surface area contributed by atoms with Gasteiger partial charge in [-0.25, -0.2) is 5.43 Å². The molecule has 0 radical (unpaired) electrons. The van der Waals surface area contributed by atoms with Gasteiger partial charge in [0.05, 0.1) is 13.3 Å². The molecule has 3 N–H and O–H groups in total. The molecule has 1 aliphatic rings. The number of nitrogens with zero attached hydrogens (tertiary/aromatic N) is 1. The zero-order chi connectivity index (χ0) is 10.8. The predicted molar refractivity (Wildman–Crippen MR) is 59.4 cm³/mol. The Hall–Kier alpha value is -1.10. The van der Waals surface area contributed by atoms with Crippen LogP contribution in [0, 0.1) is 0 Å². The normalized spacial score (nSPS) is 21.1. The van der Waals surface area contributed by atoms with Crippen LogP contribution in [0.1, 0.15) is 17.3 Å². The van der Waals surface area contributed by atoms with Gasteiger partial charge in [0.2, 0.25) is 0 Å². The Morgan fingerprint density at radius 3 is 3.00 bits per heavy atom. The number of fused-ring (bicyclic) bond motifs is 1. The molecule has 0 aromatic heterocycles. The second kappa shape index (κ2) is 4.18. The predicted octanol–water partition coefficient (Wildman–Crippen LogP) is 0.645. The lowest BCUT2D eigenvalue weighted by Gasteiger charge is -2.34. The average Bonchev–Trinajstić information content (AvgIpc) is 2.28. The fourth-order valence-electron chi connectivity index (χ4n) is 2.06. The molecule has 0 aliphatic carbocycles. The number of ether oxygens (including phenoxy) is 1. The minimum absolute atomic E-state index is 0.0869. The molecule has 0 amide bonds. The molecule has 0 bridgehead atoms. The van der Waals surface area contributed by atoms with Crippen molar-refractivity contribution < 1.29 is 4.74 Å². The lowest BCUT2D eigenvalue weighted by Crippen LogP contribution is -2.43. The number of hydrogen-bond acceptors (Lipinski definition) is 4. The molecular formula is C11H17N3O. The van der Waals surface area contributed by atoms with E-state index in [9.17, 15) is 0 Å². The van der Waals surface area contributed by atoms with Crippen molar-refractivity contribution in [3.8, 4) is 5.75 Å². The first-order chi connectivity index (χ1) is 7.26. The molecule has 1 atom stereocenters. The Morgan fingerprint density at radius 2 is 2.33 bits per heavy atom. The molecule has 4 heteroatoms. The smallest absolute Gasteiger partial charge is 0.119 e. The molecule has 15 heavy (non-hydrogen) atoms. The maximum atomic E-state index is 5.57. The van der Waals surface area contributed by atoms with Gasteiger partial charge >= 0.3 is 0 Å². The summed E-state index contributed by atoms with van der Waals surface area (Å²) in [6.45, 7) is 1.02. The van der Waals surface area contributed by atoms with E-state index in [1.54, 1.807) is 7.11 Å². The zero-order valence-electron chi connectivity index (χ0n) is 9.16. The molecule has 1 unspecified atom stereocenters. The van der Waals surface area contributed by atoms with Crippen molar-refractivity contribution in [2.75, 3.05) is 20.7 Å². The summed E-state index contributed by atoms with van der Waals surface area (Å²) in [5, 5.41) is 0. The van der Waals surface area contributed by atoms with Crippen molar-refractivity contribution in [3.63, 3.8) is 0 Å². The Balaban J connectivity index is 2.41. The quantitative estimate of drug-likeness (QED) is 0.552. The summed E-state index contributed by atoms with van der Waals surface area (Å²) in [5.41, 5.74) is 5.39. The van der Waals surface area contributed by atoms with Gasteiger partial charge in [-0.3, -0.25) is 10.7 Å². The van der Waals surface area contributed by atoms with Crippen LogP contribution in [0.15, 0.2) is 18.2 Å². The van der Waals surface area contributed by atoms with E-state index in [0.717, 1.165) is 18.7 Å². The third kappa shape index (κ3) is 1.84. The molecule has 2 rings (SSSR count). The molecule has 0 saturated carbocycles. The zero-order valence-corrected chi connectivity index (χ0v) is 9.16. The SMILES string of the molecule is COc1ccc2c(c1)C(NN)N(C)CC2. The Bertz CT molecular complexity index is 354. The van der Waals surface area contributed by atoms with Crippen molar-refractivity contribution in [1.82, 2.24) is 10.3 Å². The van der Waals surface area contributed by atoms with Gasteiger partial charge in [-0.15, -0.1) is 0 Å². The molecule has 0 spiro atoms. The average molecular weight is 207 g/mol. The summed E-state index contributed by atoms with van der Waals surface area (Å²) >= 11 is 0. The molecule has 4 nitrogen and oxygen atoms in total. The van der Waals surface area contributed by atoms with Gasteiger partial charge in [0.25, 0.3) is 0 Å². The van der Waals surface area contributed by atoms with E-state index < -0.39 is 0 Å². The van der Waals surface area contributed by atoms with E-state index in [4.69, 9.17) is 10.6 Å². The Morgan fingerprint density at radius 1 is 1.53 bits per heavy atom. The van der Waals surface area contributed by atoms with Crippen LogP contribution in [0.4, 0.5) is 0 Å². The van der Waals surface area contributed by atoms with Crippen LogP contribution in [-0.2, 0) is 6.42 Å². The Kier molecular flexibility index (Phi) is 2.90. The van der Waals surface area contributed by atoms with Crippen molar-refractivity contribution in [2.24, 2.45) is 5.84 Å². The second-order valence-electron chi connectivity index (χ2n) is 3.86. The number of hydrogen-bond donors (Lipinski definition) is 2. The van der Waals surface area contributed by atoms with Crippen LogP contribution in [-0.4, -0.2) is 25.6 Å². The highest BCUT2D eigenvalue weighted by molar-refractivity contribution is 5.39. The molecular weight excluding hydrogens is 190 g/mol. The standard InChI is InChI=1S/C11H17N3O/c1-14-6-5-8-3-4-9(15-2)7-10(8)11(14)13-12/h3-4,7,11,13H,5-6,12H2,1-2H3. The minimum Gasteiger partial charge on any atom is -0.497 e. The molecule has 1 aliphatic heterocycles. The molecule has 1 aromatic carbocycles. The summed E-state index contributed by atoms with van der Waals surface area (Å²) in [6, 6.07) is 6.17. The van der Waals surface area contributed by atoms with E-state index in [-0.39, 0.29) is 6.17 Å². The van der Waals surface area contributed by atoms with Crippen LogP contribution in [0.5, 0.6) is 5.75 Å². The number of nitrogens with two attached hydrogens (primary N) is 1. The maximum absolute atomic E-state index is 5.57. The monoisotopic (exact) mass is 207 g/mol. The first kappa shape index (κ1) is 10.4. The van der Waals surface area contributed by atoms with E-state index in [1.165, 1.54) is 11.1 Å².